The Labute approximate surface area is 116 Å². The largest absolute Gasteiger partial charge is 0.385 e. The molecule has 19 heavy (non-hydrogen) atoms. The van der Waals surface area contributed by atoms with Crippen molar-refractivity contribution in [2.24, 2.45) is 5.92 Å². The van der Waals surface area contributed by atoms with Crippen molar-refractivity contribution in [2.75, 3.05) is 26.0 Å². The van der Waals surface area contributed by atoms with Crippen LogP contribution in [-0.4, -0.2) is 33.4 Å². The van der Waals surface area contributed by atoms with E-state index in [1.54, 1.807) is 12.1 Å². The molecule has 0 amide bonds. The van der Waals surface area contributed by atoms with Gasteiger partial charge >= 0.3 is 0 Å². The molecule has 0 fully saturated rings. The van der Waals surface area contributed by atoms with Crippen LogP contribution in [0.3, 0.4) is 0 Å². The van der Waals surface area contributed by atoms with Gasteiger partial charge in [0.05, 0.1) is 4.90 Å². The molecule has 1 unspecified atom stereocenters. The Morgan fingerprint density at radius 2 is 1.79 bits per heavy atom. The van der Waals surface area contributed by atoms with E-state index in [1.807, 2.05) is 12.1 Å². The molecule has 0 aromatic heterocycles. The number of hydrogen-bond acceptors (Lipinski definition) is 3. The van der Waals surface area contributed by atoms with Gasteiger partial charge in [-0.15, -0.1) is 0 Å². The second-order valence-electron chi connectivity index (χ2n) is 5.09. The molecule has 0 spiro atoms. The molecule has 0 heterocycles. The summed E-state index contributed by atoms with van der Waals surface area (Å²) in [7, 11) is -0.257. The summed E-state index contributed by atoms with van der Waals surface area (Å²) >= 11 is 0. The quantitative estimate of drug-likeness (QED) is 0.837. The van der Waals surface area contributed by atoms with Crippen molar-refractivity contribution in [1.82, 2.24) is 4.31 Å². The third-order valence-corrected chi connectivity index (χ3v) is 4.90. The third-order valence-electron chi connectivity index (χ3n) is 3.07. The summed E-state index contributed by atoms with van der Waals surface area (Å²) in [6.45, 7) is 5.30. The van der Waals surface area contributed by atoms with E-state index in [-0.39, 0.29) is 0 Å². The Bertz CT molecular complexity index is 481. The minimum Gasteiger partial charge on any atom is -0.385 e. The van der Waals surface area contributed by atoms with Gasteiger partial charge in [0.25, 0.3) is 0 Å². The maximum Gasteiger partial charge on any atom is 0.242 e. The number of anilines is 1. The van der Waals surface area contributed by atoms with E-state index in [9.17, 15) is 8.42 Å². The predicted molar refractivity (Wildman–Crippen MR) is 79.9 cm³/mol. The molecule has 108 valence electrons. The molecule has 4 nitrogen and oxygen atoms in total. The number of benzene rings is 1. The van der Waals surface area contributed by atoms with Crippen molar-refractivity contribution in [1.29, 1.82) is 0 Å². The lowest BCUT2D eigenvalue weighted by Crippen LogP contribution is -2.22. The summed E-state index contributed by atoms with van der Waals surface area (Å²) in [5.74, 6) is 0.621. The zero-order valence-corrected chi connectivity index (χ0v) is 13.0. The van der Waals surface area contributed by atoms with Crippen LogP contribution in [0.15, 0.2) is 29.2 Å². The highest BCUT2D eigenvalue weighted by Crippen LogP contribution is 2.17. The van der Waals surface area contributed by atoms with Crippen molar-refractivity contribution >= 4 is 15.7 Å². The molecular weight excluding hydrogens is 260 g/mol. The van der Waals surface area contributed by atoms with Crippen LogP contribution in [0.5, 0.6) is 0 Å². The van der Waals surface area contributed by atoms with Gasteiger partial charge in [0.2, 0.25) is 10.0 Å². The molecule has 0 aliphatic heterocycles. The van der Waals surface area contributed by atoms with E-state index in [4.69, 9.17) is 0 Å². The van der Waals surface area contributed by atoms with Gasteiger partial charge in [0.15, 0.2) is 0 Å². The first-order chi connectivity index (χ1) is 8.87. The highest BCUT2D eigenvalue weighted by atomic mass is 32.2. The monoisotopic (exact) mass is 284 g/mol. The van der Waals surface area contributed by atoms with Crippen LogP contribution >= 0.6 is 0 Å². The molecule has 0 saturated heterocycles. The topological polar surface area (TPSA) is 49.4 Å². The lowest BCUT2D eigenvalue weighted by atomic mass is 10.1. The van der Waals surface area contributed by atoms with Crippen molar-refractivity contribution in [3.8, 4) is 0 Å². The van der Waals surface area contributed by atoms with E-state index < -0.39 is 10.0 Å². The highest BCUT2D eigenvalue weighted by molar-refractivity contribution is 7.89. The predicted octanol–water partition coefficient (Wildman–Crippen LogP) is 2.79. The number of nitrogens with one attached hydrogen (secondary N) is 1. The van der Waals surface area contributed by atoms with E-state index in [0.717, 1.165) is 12.2 Å². The normalized spacial score (nSPS) is 13.5. The van der Waals surface area contributed by atoms with Crippen LogP contribution in [-0.2, 0) is 10.0 Å². The lowest BCUT2D eigenvalue weighted by Gasteiger charge is -2.14. The fourth-order valence-corrected chi connectivity index (χ4v) is 2.74. The van der Waals surface area contributed by atoms with E-state index in [0.29, 0.717) is 10.8 Å². The minimum atomic E-state index is -3.33. The Morgan fingerprint density at radius 3 is 2.26 bits per heavy atom. The molecule has 1 N–H and O–H groups in total. The fraction of sp³-hybridized carbons (Fsp3) is 0.571. The molecule has 1 atom stereocenters. The summed E-state index contributed by atoms with van der Waals surface area (Å²) in [5.41, 5.74) is 0.959. The molecule has 1 aromatic rings. The minimum absolute atomic E-state index is 0.324. The van der Waals surface area contributed by atoms with Gasteiger partial charge in [0.1, 0.15) is 0 Å². The summed E-state index contributed by atoms with van der Waals surface area (Å²) < 4.78 is 25.0. The molecule has 0 radical (unpaired) electrons. The fourth-order valence-electron chi connectivity index (χ4n) is 1.84. The molecular formula is C14H24N2O2S. The third kappa shape index (κ3) is 4.51. The van der Waals surface area contributed by atoms with Gasteiger partial charge in [-0.05, 0) is 36.6 Å². The van der Waals surface area contributed by atoms with Crippen LogP contribution in [0.2, 0.25) is 0 Å². The van der Waals surface area contributed by atoms with Gasteiger partial charge in [-0.3, -0.25) is 0 Å². The summed E-state index contributed by atoms with van der Waals surface area (Å²) in [6.07, 6.45) is 2.38. The van der Waals surface area contributed by atoms with Crippen LogP contribution in [0, 0.1) is 5.92 Å². The van der Waals surface area contributed by atoms with E-state index >= 15 is 0 Å². The zero-order valence-electron chi connectivity index (χ0n) is 12.2. The van der Waals surface area contributed by atoms with Gasteiger partial charge in [-0.2, -0.15) is 0 Å². The molecule has 0 saturated carbocycles. The molecule has 0 bridgehead atoms. The first kappa shape index (κ1) is 16.0. The second-order valence-corrected chi connectivity index (χ2v) is 7.24. The zero-order chi connectivity index (χ0) is 14.5. The maximum absolute atomic E-state index is 11.9. The van der Waals surface area contributed by atoms with Crippen molar-refractivity contribution in [2.45, 2.75) is 31.6 Å². The average molecular weight is 284 g/mol. The Morgan fingerprint density at radius 1 is 1.21 bits per heavy atom. The summed E-state index contributed by atoms with van der Waals surface area (Å²) in [4.78, 5) is 0.324. The first-order valence-electron chi connectivity index (χ1n) is 6.64. The number of hydrogen-bond donors (Lipinski definition) is 1. The number of nitrogens with zero attached hydrogens (tertiary/aromatic N) is 1. The second kappa shape index (κ2) is 6.91. The maximum atomic E-state index is 11.9. The van der Waals surface area contributed by atoms with Crippen LogP contribution in [0.1, 0.15) is 26.7 Å². The SMILES string of the molecule is CCCC(C)CNc1ccc(S(=O)(=O)N(C)C)cc1. The van der Waals surface area contributed by atoms with Crippen molar-refractivity contribution in [3.05, 3.63) is 24.3 Å². The molecule has 0 aliphatic rings. The van der Waals surface area contributed by atoms with Gasteiger partial charge in [0, 0.05) is 26.3 Å². The molecule has 1 rings (SSSR count). The Balaban J connectivity index is 2.67. The number of rotatable bonds is 7. The van der Waals surface area contributed by atoms with Crippen LogP contribution < -0.4 is 5.32 Å². The summed E-state index contributed by atoms with van der Waals surface area (Å²) in [6, 6.07) is 6.91. The highest BCUT2D eigenvalue weighted by Gasteiger charge is 2.16. The number of sulfonamides is 1. The van der Waals surface area contributed by atoms with Crippen LogP contribution in [0.4, 0.5) is 5.69 Å². The molecule has 5 heteroatoms. The first-order valence-corrected chi connectivity index (χ1v) is 8.08. The molecule has 1 aromatic carbocycles. The van der Waals surface area contributed by atoms with Gasteiger partial charge < -0.3 is 5.32 Å². The molecule has 0 aliphatic carbocycles. The van der Waals surface area contributed by atoms with Crippen molar-refractivity contribution in [3.63, 3.8) is 0 Å². The Hall–Kier alpha value is -1.07. The Kier molecular flexibility index (Phi) is 5.82. The summed E-state index contributed by atoms with van der Waals surface area (Å²) in [5, 5.41) is 3.33. The lowest BCUT2D eigenvalue weighted by molar-refractivity contribution is 0.520. The van der Waals surface area contributed by atoms with Crippen molar-refractivity contribution < 1.29 is 8.42 Å². The smallest absolute Gasteiger partial charge is 0.242 e. The average Bonchev–Trinajstić information content (AvgIpc) is 2.37. The van der Waals surface area contributed by atoms with E-state index in [1.165, 1.54) is 31.2 Å². The van der Waals surface area contributed by atoms with Gasteiger partial charge in [-0.25, -0.2) is 12.7 Å². The van der Waals surface area contributed by atoms with Crippen LogP contribution in [0.25, 0.3) is 0 Å². The van der Waals surface area contributed by atoms with Gasteiger partial charge in [-0.1, -0.05) is 20.3 Å². The standard InChI is InChI=1S/C14H24N2O2S/c1-5-6-12(2)11-15-13-7-9-14(10-8-13)19(17,18)16(3)4/h7-10,12,15H,5-6,11H2,1-4H3. The van der Waals surface area contributed by atoms with E-state index in [2.05, 4.69) is 19.2 Å².